The van der Waals surface area contributed by atoms with E-state index in [4.69, 9.17) is 5.11 Å². The first-order valence-electron chi connectivity index (χ1n) is 7.45. The Hall–Kier alpha value is -0.840. The normalized spacial score (nSPS) is 20.9. The zero-order valence-corrected chi connectivity index (χ0v) is 11.8. The third-order valence-electron chi connectivity index (χ3n) is 3.83. The SMILES string of the molecule is CCCNC1CCCCc2cn(CC(O)CO)cc21. The lowest BCUT2D eigenvalue weighted by Gasteiger charge is -2.16. The molecule has 2 rings (SSSR count). The number of aromatic nitrogens is 1. The number of hydrogen-bond donors (Lipinski definition) is 3. The van der Waals surface area contributed by atoms with Crippen LogP contribution in [0.25, 0.3) is 0 Å². The summed E-state index contributed by atoms with van der Waals surface area (Å²) in [5.74, 6) is 0. The van der Waals surface area contributed by atoms with Gasteiger partial charge >= 0.3 is 0 Å². The minimum Gasteiger partial charge on any atom is -0.394 e. The van der Waals surface area contributed by atoms with E-state index < -0.39 is 6.10 Å². The van der Waals surface area contributed by atoms with Gasteiger partial charge in [0.1, 0.15) is 0 Å². The maximum atomic E-state index is 9.55. The summed E-state index contributed by atoms with van der Waals surface area (Å²) >= 11 is 0. The molecule has 2 atom stereocenters. The summed E-state index contributed by atoms with van der Waals surface area (Å²) in [4.78, 5) is 0. The third kappa shape index (κ3) is 3.81. The number of rotatable bonds is 6. The highest BCUT2D eigenvalue weighted by Gasteiger charge is 2.20. The lowest BCUT2D eigenvalue weighted by atomic mass is 10.0. The average Bonchev–Trinajstić information content (AvgIpc) is 2.71. The van der Waals surface area contributed by atoms with E-state index in [1.54, 1.807) is 0 Å². The molecular formula is C15H26N2O2. The molecule has 4 heteroatoms. The highest BCUT2D eigenvalue weighted by Crippen LogP contribution is 2.29. The van der Waals surface area contributed by atoms with Gasteiger partial charge in [-0.05, 0) is 43.4 Å². The molecule has 0 saturated carbocycles. The first kappa shape index (κ1) is 14.6. The largest absolute Gasteiger partial charge is 0.394 e. The number of nitrogens with zero attached hydrogens (tertiary/aromatic N) is 1. The zero-order valence-electron chi connectivity index (χ0n) is 11.8. The molecule has 1 heterocycles. The predicted molar refractivity (Wildman–Crippen MR) is 76.1 cm³/mol. The molecule has 0 bridgehead atoms. The Morgan fingerprint density at radius 1 is 1.42 bits per heavy atom. The van der Waals surface area contributed by atoms with Gasteiger partial charge in [-0.1, -0.05) is 13.3 Å². The van der Waals surface area contributed by atoms with Crippen molar-refractivity contribution in [1.82, 2.24) is 9.88 Å². The van der Waals surface area contributed by atoms with E-state index in [-0.39, 0.29) is 6.61 Å². The molecule has 4 nitrogen and oxygen atoms in total. The average molecular weight is 266 g/mol. The van der Waals surface area contributed by atoms with Crippen LogP contribution in [-0.4, -0.2) is 34.0 Å². The summed E-state index contributed by atoms with van der Waals surface area (Å²) in [5.41, 5.74) is 2.78. The Balaban J connectivity index is 2.12. The zero-order chi connectivity index (χ0) is 13.7. The van der Waals surface area contributed by atoms with Crippen molar-refractivity contribution in [3.63, 3.8) is 0 Å². The van der Waals surface area contributed by atoms with Gasteiger partial charge < -0.3 is 20.1 Å². The fraction of sp³-hybridized carbons (Fsp3) is 0.733. The topological polar surface area (TPSA) is 57.4 Å². The molecule has 19 heavy (non-hydrogen) atoms. The minimum absolute atomic E-state index is 0.180. The maximum absolute atomic E-state index is 9.55. The van der Waals surface area contributed by atoms with Crippen LogP contribution in [0.5, 0.6) is 0 Å². The molecule has 2 unspecified atom stereocenters. The first-order chi connectivity index (χ1) is 9.24. The van der Waals surface area contributed by atoms with E-state index >= 15 is 0 Å². The van der Waals surface area contributed by atoms with Crippen LogP contribution in [0.3, 0.4) is 0 Å². The fourth-order valence-corrected chi connectivity index (χ4v) is 2.85. The quantitative estimate of drug-likeness (QED) is 0.686. The Bertz CT molecular complexity index is 389. The molecule has 3 N–H and O–H groups in total. The Morgan fingerprint density at radius 2 is 2.26 bits per heavy atom. The van der Waals surface area contributed by atoms with E-state index in [0.717, 1.165) is 19.4 Å². The van der Waals surface area contributed by atoms with Crippen LogP contribution >= 0.6 is 0 Å². The standard InChI is InChI=1S/C15H26N2O2/c1-2-7-16-15-6-4-3-5-12-8-17(10-14(12)15)9-13(19)11-18/h8,10,13,15-16,18-19H,2-7,9,11H2,1H3. The molecule has 0 fully saturated rings. The molecule has 0 spiro atoms. The molecule has 0 radical (unpaired) electrons. The van der Waals surface area contributed by atoms with Crippen molar-refractivity contribution >= 4 is 0 Å². The third-order valence-corrected chi connectivity index (χ3v) is 3.83. The van der Waals surface area contributed by atoms with Crippen molar-refractivity contribution in [2.45, 2.75) is 57.7 Å². The fourth-order valence-electron chi connectivity index (χ4n) is 2.85. The molecule has 0 aromatic carbocycles. The Labute approximate surface area is 115 Å². The van der Waals surface area contributed by atoms with Crippen molar-refractivity contribution in [3.8, 4) is 0 Å². The van der Waals surface area contributed by atoms with Crippen LogP contribution in [0.15, 0.2) is 12.4 Å². The van der Waals surface area contributed by atoms with E-state index in [0.29, 0.717) is 12.6 Å². The van der Waals surface area contributed by atoms with Crippen LogP contribution in [0.4, 0.5) is 0 Å². The monoisotopic (exact) mass is 266 g/mol. The van der Waals surface area contributed by atoms with E-state index in [1.165, 1.54) is 30.4 Å². The maximum Gasteiger partial charge on any atom is 0.0949 e. The van der Waals surface area contributed by atoms with Crippen molar-refractivity contribution in [3.05, 3.63) is 23.5 Å². The van der Waals surface area contributed by atoms with Crippen molar-refractivity contribution in [2.75, 3.05) is 13.2 Å². The van der Waals surface area contributed by atoms with Crippen LogP contribution in [0.1, 0.15) is 49.8 Å². The summed E-state index contributed by atoms with van der Waals surface area (Å²) < 4.78 is 2.03. The number of aryl methyl sites for hydroxylation is 1. The first-order valence-corrected chi connectivity index (χ1v) is 7.45. The van der Waals surface area contributed by atoms with E-state index in [2.05, 4.69) is 24.6 Å². The number of aliphatic hydroxyl groups excluding tert-OH is 2. The van der Waals surface area contributed by atoms with E-state index in [9.17, 15) is 5.11 Å². The minimum atomic E-state index is -0.668. The smallest absolute Gasteiger partial charge is 0.0949 e. The molecule has 108 valence electrons. The van der Waals surface area contributed by atoms with Crippen molar-refractivity contribution in [2.24, 2.45) is 0 Å². The van der Waals surface area contributed by atoms with Gasteiger partial charge in [-0.15, -0.1) is 0 Å². The van der Waals surface area contributed by atoms with Crippen LogP contribution in [0.2, 0.25) is 0 Å². The number of aliphatic hydroxyl groups is 2. The lowest BCUT2D eigenvalue weighted by Crippen LogP contribution is -2.22. The van der Waals surface area contributed by atoms with Gasteiger partial charge in [-0.3, -0.25) is 0 Å². The second kappa shape index (κ2) is 7.08. The highest BCUT2D eigenvalue weighted by atomic mass is 16.3. The molecule has 0 amide bonds. The van der Waals surface area contributed by atoms with E-state index in [1.807, 2.05) is 4.57 Å². The molecule has 0 aliphatic heterocycles. The van der Waals surface area contributed by atoms with Crippen LogP contribution in [0, 0.1) is 0 Å². The van der Waals surface area contributed by atoms with Crippen molar-refractivity contribution in [1.29, 1.82) is 0 Å². The Kier molecular flexibility index (Phi) is 5.43. The second-order valence-corrected chi connectivity index (χ2v) is 5.52. The molecule has 0 saturated heterocycles. The Morgan fingerprint density at radius 3 is 3.00 bits per heavy atom. The summed E-state index contributed by atoms with van der Waals surface area (Å²) in [6.07, 6.45) is 9.60. The molecule has 1 aromatic rings. The van der Waals surface area contributed by atoms with Crippen LogP contribution < -0.4 is 5.32 Å². The second-order valence-electron chi connectivity index (χ2n) is 5.52. The molecule has 1 aliphatic carbocycles. The summed E-state index contributed by atoms with van der Waals surface area (Å²) in [7, 11) is 0. The molecular weight excluding hydrogens is 240 g/mol. The molecule has 1 aliphatic rings. The van der Waals surface area contributed by atoms with Gasteiger partial charge in [0, 0.05) is 18.4 Å². The van der Waals surface area contributed by atoms with Gasteiger partial charge in [0.2, 0.25) is 0 Å². The van der Waals surface area contributed by atoms with Gasteiger partial charge in [0.25, 0.3) is 0 Å². The number of fused-ring (bicyclic) bond motifs is 1. The van der Waals surface area contributed by atoms with Gasteiger partial charge in [-0.25, -0.2) is 0 Å². The van der Waals surface area contributed by atoms with Gasteiger partial charge in [0.15, 0.2) is 0 Å². The van der Waals surface area contributed by atoms with Gasteiger partial charge in [0.05, 0.1) is 19.3 Å². The molecule has 1 aromatic heterocycles. The highest BCUT2D eigenvalue weighted by molar-refractivity contribution is 5.29. The summed E-state index contributed by atoms with van der Waals surface area (Å²) in [6, 6.07) is 0.449. The van der Waals surface area contributed by atoms with Crippen LogP contribution in [-0.2, 0) is 13.0 Å². The summed E-state index contributed by atoms with van der Waals surface area (Å²) in [5, 5.41) is 22.1. The lowest BCUT2D eigenvalue weighted by molar-refractivity contribution is 0.0812. The number of nitrogens with one attached hydrogen (secondary N) is 1. The van der Waals surface area contributed by atoms with Gasteiger partial charge in [-0.2, -0.15) is 0 Å². The number of hydrogen-bond acceptors (Lipinski definition) is 3. The summed E-state index contributed by atoms with van der Waals surface area (Å²) in [6.45, 7) is 3.53. The van der Waals surface area contributed by atoms with Crippen molar-refractivity contribution < 1.29 is 10.2 Å². The predicted octanol–water partition coefficient (Wildman–Crippen LogP) is 1.61.